The highest BCUT2D eigenvalue weighted by Gasteiger charge is 2.22. The van der Waals surface area contributed by atoms with Crippen LogP contribution in [0.25, 0.3) is 0 Å². The smallest absolute Gasteiger partial charge is 0.333 e. The van der Waals surface area contributed by atoms with Gasteiger partial charge in [0.2, 0.25) is 0 Å². The number of nitrogens with one attached hydrogen (secondary N) is 3. The van der Waals surface area contributed by atoms with Crippen LogP contribution in [0.4, 0.5) is 15.0 Å². The van der Waals surface area contributed by atoms with E-state index in [4.69, 9.17) is 16.3 Å². The van der Waals surface area contributed by atoms with Gasteiger partial charge in [-0.25, -0.2) is 9.18 Å². The number of ether oxygens (including phenoxy) is 1. The van der Waals surface area contributed by atoms with Crippen LogP contribution in [0.5, 0.6) is 5.75 Å². The third kappa shape index (κ3) is 4.02. The van der Waals surface area contributed by atoms with Gasteiger partial charge in [-0.15, -0.1) is 10.2 Å². The van der Waals surface area contributed by atoms with Gasteiger partial charge in [0.15, 0.2) is 11.0 Å². The third-order valence-electron chi connectivity index (χ3n) is 3.48. The Bertz CT molecular complexity index is 728. The molecule has 1 unspecified atom stereocenters. The van der Waals surface area contributed by atoms with Crippen molar-refractivity contribution in [2.75, 3.05) is 12.0 Å². The van der Waals surface area contributed by atoms with Crippen molar-refractivity contribution in [1.82, 2.24) is 20.9 Å². The summed E-state index contributed by atoms with van der Waals surface area (Å²) in [7, 11) is 0. The fraction of sp³-hybridized carbons (Fsp3) is 0.267. The molecule has 0 radical (unpaired) electrons. The SMILES string of the molecule is O=C(NNc1ccc(Cl)nn1)NC1CCCOc2ccc(F)cc21. The summed E-state index contributed by atoms with van der Waals surface area (Å²) in [5, 5.41) is 10.4. The molecule has 1 aliphatic heterocycles. The van der Waals surface area contributed by atoms with Gasteiger partial charge in [-0.2, -0.15) is 0 Å². The number of aromatic nitrogens is 2. The van der Waals surface area contributed by atoms with E-state index in [2.05, 4.69) is 26.4 Å². The molecule has 1 aromatic carbocycles. The van der Waals surface area contributed by atoms with Crippen molar-refractivity contribution in [3.05, 3.63) is 46.9 Å². The van der Waals surface area contributed by atoms with E-state index in [1.54, 1.807) is 12.1 Å². The third-order valence-corrected chi connectivity index (χ3v) is 3.68. The van der Waals surface area contributed by atoms with Crippen molar-refractivity contribution in [1.29, 1.82) is 0 Å². The van der Waals surface area contributed by atoms with Crippen molar-refractivity contribution < 1.29 is 13.9 Å². The lowest BCUT2D eigenvalue weighted by atomic mass is 10.0. The molecule has 0 fully saturated rings. The second kappa shape index (κ2) is 7.31. The van der Waals surface area contributed by atoms with Crippen LogP contribution in [0.3, 0.4) is 0 Å². The van der Waals surface area contributed by atoms with Gasteiger partial charge in [0, 0.05) is 5.56 Å². The van der Waals surface area contributed by atoms with Crippen LogP contribution >= 0.6 is 11.6 Å². The Morgan fingerprint density at radius 2 is 2.17 bits per heavy atom. The first-order valence-electron chi connectivity index (χ1n) is 7.36. The van der Waals surface area contributed by atoms with Gasteiger partial charge in [0.25, 0.3) is 0 Å². The predicted molar refractivity (Wildman–Crippen MR) is 86.2 cm³/mol. The summed E-state index contributed by atoms with van der Waals surface area (Å²) >= 11 is 5.64. The number of carbonyl (C=O) groups is 1. The van der Waals surface area contributed by atoms with Gasteiger partial charge in [-0.1, -0.05) is 11.6 Å². The van der Waals surface area contributed by atoms with Crippen LogP contribution in [-0.2, 0) is 0 Å². The predicted octanol–water partition coefficient (Wildman–Crippen LogP) is 2.81. The summed E-state index contributed by atoms with van der Waals surface area (Å²) in [6.07, 6.45) is 1.39. The summed E-state index contributed by atoms with van der Waals surface area (Å²) in [5.74, 6) is 0.543. The van der Waals surface area contributed by atoms with Crippen LogP contribution in [0.1, 0.15) is 24.4 Å². The molecule has 24 heavy (non-hydrogen) atoms. The van der Waals surface area contributed by atoms with Gasteiger partial charge >= 0.3 is 6.03 Å². The van der Waals surface area contributed by atoms with Gasteiger partial charge < -0.3 is 10.1 Å². The Balaban J connectivity index is 1.63. The number of benzene rings is 1. The standard InChI is InChI=1S/C15H15ClFN5O2/c16-13-5-6-14(20-19-13)21-22-15(23)18-11-2-1-7-24-12-4-3-9(17)8-10(11)12/h3-6,8,11H,1-2,7H2,(H,20,21)(H2,18,22,23). The quantitative estimate of drug-likeness (QED) is 0.740. The summed E-state index contributed by atoms with van der Waals surface area (Å²) in [5.41, 5.74) is 5.68. The van der Waals surface area contributed by atoms with Crippen molar-refractivity contribution >= 4 is 23.4 Å². The van der Waals surface area contributed by atoms with Crippen LogP contribution in [0.15, 0.2) is 30.3 Å². The molecule has 2 heterocycles. The minimum atomic E-state index is -0.478. The molecule has 1 aromatic heterocycles. The second-order valence-electron chi connectivity index (χ2n) is 5.19. The molecule has 0 saturated heterocycles. The zero-order valence-electron chi connectivity index (χ0n) is 12.6. The number of hydrogen-bond acceptors (Lipinski definition) is 5. The molecule has 126 valence electrons. The largest absolute Gasteiger partial charge is 0.493 e. The summed E-state index contributed by atoms with van der Waals surface area (Å²) < 4.78 is 19.1. The lowest BCUT2D eigenvalue weighted by Gasteiger charge is -2.19. The highest BCUT2D eigenvalue weighted by molar-refractivity contribution is 6.29. The Kier molecular flexibility index (Phi) is 4.95. The molecule has 9 heteroatoms. The average Bonchev–Trinajstić information content (AvgIpc) is 2.77. The minimum Gasteiger partial charge on any atom is -0.493 e. The number of fused-ring (bicyclic) bond motifs is 1. The summed E-state index contributed by atoms with van der Waals surface area (Å²) in [4.78, 5) is 12.1. The fourth-order valence-electron chi connectivity index (χ4n) is 2.40. The van der Waals surface area contributed by atoms with Crippen molar-refractivity contribution in [3.8, 4) is 5.75 Å². The highest BCUT2D eigenvalue weighted by Crippen LogP contribution is 2.31. The maximum Gasteiger partial charge on any atom is 0.333 e. The second-order valence-corrected chi connectivity index (χ2v) is 5.58. The zero-order valence-corrected chi connectivity index (χ0v) is 13.3. The topological polar surface area (TPSA) is 88.2 Å². The van der Waals surface area contributed by atoms with Crippen LogP contribution in [0, 0.1) is 5.82 Å². The van der Waals surface area contributed by atoms with Crippen LogP contribution < -0.4 is 20.9 Å². The zero-order chi connectivity index (χ0) is 16.9. The van der Waals surface area contributed by atoms with Gasteiger partial charge in [-0.05, 0) is 43.2 Å². The highest BCUT2D eigenvalue weighted by atomic mass is 35.5. The van der Waals surface area contributed by atoms with E-state index >= 15 is 0 Å². The summed E-state index contributed by atoms with van der Waals surface area (Å²) in [6.45, 7) is 0.525. The lowest BCUT2D eigenvalue weighted by molar-refractivity contribution is 0.238. The number of halogens is 2. The molecule has 3 rings (SSSR count). The van der Waals surface area contributed by atoms with E-state index in [9.17, 15) is 9.18 Å². The Morgan fingerprint density at radius 3 is 2.96 bits per heavy atom. The fourth-order valence-corrected chi connectivity index (χ4v) is 2.50. The first-order valence-corrected chi connectivity index (χ1v) is 7.73. The maximum atomic E-state index is 13.5. The molecule has 2 amide bonds. The number of urea groups is 1. The molecule has 7 nitrogen and oxygen atoms in total. The Morgan fingerprint density at radius 1 is 1.29 bits per heavy atom. The first kappa shape index (κ1) is 16.3. The number of carbonyl (C=O) groups excluding carboxylic acids is 1. The van der Waals surface area contributed by atoms with Crippen molar-refractivity contribution in [3.63, 3.8) is 0 Å². The molecule has 0 saturated carbocycles. The van der Waals surface area contributed by atoms with Gasteiger partial charge in [-0.3, -0.25) is 10.9 Å². The van der Waals surface area contributed by atoms with E-state index in [0.717, 1.165) is 6.42 Å². The molecule has 0 spiro atoms. The normalized spacial score (nSPS) is 16.3. The molecule has 3 N–H and O–H groups in total. The first-order chi connectivity index (χ1) is 11.6. The van der Waals surface area contributed by atoms with E-state index < -0.39 is 6.03 Å². The number of hydrogen-bond donors (Lipinski definition) is 3. The number of rotatable bonds is 3. The van der Waals surface area contributed by atoms with Gasteiger partial charge in [0.1, 0.15) is 11.6 Å². The van der Waals surface area contributed by atoms with E-state index in [0.29, 0.717) is 30.2 Å². The molecule has 0 aliphatic carbocycles. The van der Waals surface area contributed by atoms with Crippen molar-refractivity contribution in [2.45, 2.75) is 18.9 Å². The number of anilines is 1. The molecular weight excluding hydrogens is 337 g/mol. The van der Waals surface area contributed by atoms with E-state index in [-0.39, 0.29) is 17.0 Å². The van der Waals surface area contributed by atoms with E-state index in [1.165, 1.54) is 18.2 Å². The molecule has 0 bridgehead atoms. The summed E-state index contributed by atoms with van der Waals surface area (Å²) in [6, 6.07) is 6.57. The van der Waals surface area contributed by atoms with Crippen molar-refractivity contribution in [2.24, 2.45) is 0 Å². The molecule has 1 atom stereocenters. The van der Waals surface area contributed by atoms with Crippen LogP contribution in [-0.4, -0.2) is 22.8 Å². The molecule has 1 aliphatic rings. The Hall–Kier alpha value is -2.61. The molecule has 2 aromatic rings. The lowest BCUT2D eigenvalue weighted by Crippen LogP contribution is -2.41. The molecular formula is C15H15ClFN5O2. The monoisotopic (exact) mass is 351 g/mol. The minimum absolute atomic E-state index is 0.252. The van der Waals surface area contributed by atoms with Crippen LogP contribution in [0.2, 0.25) is 5.15 Å². The number of hydrazine groups is 1. The average molecular weight is 352 g/mol. The Labute approximate surface area is 142 Å². The maximum absolute atomic E-state index is 13.5. The number of amides is 2. The van der Waals surface area contributed by atoms with E-state index in [1.807, 2.05) is 0 Å². The van der Waals surface area contributed by atoms with Gasteiger partial charge in [0.05, 0.1) is 12.6 Å². The number of nitrogens with zero attached hydrogens (tertiary/aromatic N) is 2.